The van der Waals surface area contributed by atoms with Gasteiger partial charge in [-0.25, -0.2) is 8.78 Å². The number of rotatable bonds is 21. The minimum absolute atomic E-state index is 0.0324. The molecule has 7 aliphatic heterocycles. The van der Waals surface area contributed by atoms with Crippen LogP contribution in [0.3, 0.4) is 0 Å². The Labute approximate surface area is 644 Å². The summed E-state index contributed by atoms with van der Waals surface area (Å²) in [6.45, 7) is 72.0. The van der Waals surface area contributed by atoms with Gasteiger partial charge < -0.3 is 39.4 Å². The predicted molar refractivity (Wildman–Crippen MR) is 433 cm³/mol. The highest BCUT2D eigenvalue weighted by Crippen LogP contribution is 2.40. The molecule has 0 aromatic rings. The molecule has 0 aromatic carbocycles. The number of β-amino-alcohol motifs (C(OH)–C–C–N with tert-alkyl or cyclic N) is 1. The first-order chi connectivity index (χ1) is 48.2. The van der Waals surface area contributed by atoms with Crippen molar-refractivity contribution in [1.82, 2.24) is 34.3 Å². The van der Waals surface area contributed by atoms with E-state index in [9.17, 15) is 47.4 Å². The van der Waals surface area contributed by atoms with E-state index in [1.165, 1.54) is 69.1 Å². The smallest absolute Gasteiger partial charge is 0.267 e. The van der Waals surface area contributed by atoms with Crippen LogP contribution in [0.25, 0.3) is 0 Å². The summed E-state index contributed by atoms with van der Waals surface area (Å²) in [7, 11) is 0. The zero-order valence-electron chi connectivity index (χ0n) is 73.9. The zero-order chi connectivity index (χ0) is 81.3. The Morgan fingerprint density at radius 3 is 1.09 bits per heavy atom. The third kappa shape index (κ3) is 34.1. The molecule has 7 fully saturated rings. The molecule has 7 saturated heterocycles. The van der Waals surface area contributed by atoms with Gasteiger partial charge in [0, 0.05) is 129 Å². The van der Waals surface area contributed by atoms with Crippen LogP contribution in [0, 0.1) is 94.2 Å². The van der Waals surface area contributed by atoms with Crippen molar-refractivity contribution in [1.29, 1.82) is 0 Å². The van der Waals surface area contributed by atoms with Gasteiger partial charge in [0.1, 0.15) is 0 Å². The summed E-state index contributed by atoms with van der Waals surface area (Å²) in [5.41, 5.74) is 0.416. The van der Waals surface area contributed by atoms with E-state index < -0.39 is 12.5 Å². The number of halogens is 2. The lowest BCUT2D eigenvalue weighted by atomic mass is 9.88. The van der Waals surface area contributed by atoms with Crippen molar-refractivity contribution >= 4 is 41.4 Å². The number of aliphatic hydroxyl groups excluding tert-OH is 1. The standard InChI is InChI=1S/C14H27NO.2C13H25NO.C12H21F2NO.C12H23NO2.2C12H23NO/c1-10(2)7-12-8-14(5,6)9-15(12)13(16)11(3)4;1-10(2)9-13(5)7-6-8-14(13)12(15)11(3)4;1-9(2)11(5)12-7-6-8-14(12)13(15)10(3)4;1-8(2)5-10-6-12(13,14)7-15(10)11(16)9(3)4;1-8(2)5-10-6-11(14)7-13(10)12(15)9(3)4;2*1-9(2)8-11-6-5-7-13(11)12(14)10(3)4/h10-12H,7-9H2,1-6H3;10-11H,6-9H2,1-5H3;9-12H,6-8H2,1-5H3;8-10H,5-7H2,1-4H3;8-11,14H,5-7H2,1-4H3;2*9-11H,5-8H2,1-4H3. The number of aliphatic hydroxyl groups is 1. The Balaban J connectivity index is 0.000000613. The van der Waals surface area contributed by atoms with Gasteiger partial charge in [0.2, 0.25) is 41.4 Å². The molecular weight excluding hydrogens is 1320 g/mol. The second kappa shape index (κ2) is 46.1. The molecule has 7 aliphatic rings. The summed E-state index contributed by atoms with van der Waals surface area (Å²) in [6, 6.07) is 1.94. The topological polar surface area (TPSA) is 162 Å². The number of hydrogen-bond donors (Lipinski definition) is 1. The van der Waals surface area contributed by atoms with Crippen LogP contribution in [0.2, 0.25) is 0 Å². The second-order valence-electron chi connectivity index (χ2n) is 39.1. The van der Waals surface area contributed by atoms with E-state index in [0.29, 0.717) is 119 Å². The molecule has 0 aliphatic carbocycles. The van der Waals surface area contributed by atoms with Crippen molar-refractivity contribution in [3.05, 3.63) is 0 Å². The van der Waals surface area contributed by atoms with Gasteiger partial charge in [0.15, 0.2) is 0 Å². The Morgan fingerprint density at radius 1 is 0.371 bits per heavy atom. The Hall–Kier alpha value is -3.89. The van der Waals surface area contributed by atoms with Crippen LogP contribution in [-0.2, 0) is 33.6 Å². The van der Waals surface area contributed by atoms with E-state index in [-0.39, 0.29) is 83.4 Å². The van der Waals surface area contributed by atoms with Crippen LogP contribution in [0.4, 0.5) is 8.78 Å². The van der Waals surface area contributed by atoms with Crippen LogP contribution in [0.1, 0.15) is 331 Å². The fraction of sp³-hybridized carbons (Fsp3) is 0.920. The minimum Gasteiger partial charge on any atom is -0.391 e. The maximum absolute atomic E-state index is 13.3. The van der Waals surface area contributed by atoms with Crippen LogP contribution < -0.4 is 0 Å². The summed E-state index contributed by atoms with van der Waals surface area (Å²) < 4.78 is 26.6. The zero-order valence-corrected chi connectivity index (χ0v) is 73.9. The highest BCUT2D eigenvalue weighted by Gasteiger charge is 2.48. The number of amides is 7. The lowest BCUT2D eigenvalue weighted by Gasteiger charge is -2.37. The van der Waals surface area contributed by atoms with Gasteiger partial charge >= 0.3 is 0 Å². The molecule has 15 nitrogen and oxygen atoms in total. The fourth-order valence-corrected chi connectivity index (χ4v) is 16.9. The molecule has 0 bridgehead atoms. The van der Waals surface area contributed by atoms with Crippen LogP contribution in [0.15, 0.2) is 0 Å². The highest BCUT2D eigenvalue weighted by molar-refractivity contribution is 5.81. The molecule has 616 valence electrons. The molecule has 7 heterocycles. The normalized spacial score (nSPS) is 24.5. The maximum Gasteiger partial charge on any atom is 0.267 e. The first-order valence-electron chi connectivity index (χ1n) is 42.4. The van der Waals surface area contributed by atoms with Crippen molar-refractivity contribution in [2.45, 2.75) is 385 Å². The first-order valence-corrected chi connectivity index (χ1v) is 42.4. The molecule has 1 N–H and O–H groups in total. The van der Waals surface area contributed by atoms with Gasteiger partial charge in [-0.05, 0) is 162 Å². The van der Waals surface area contributed by atoms with Crippen LogP contribution in [0.5, 0.6) is 0 Å². The molecule has 0 aromatic heterocycles. The molecule has 0 spiro atoms. The second-order valence-corrected chi connectivity index (χ2v) is 39.1. The molecule has 7 amide bonds. The van der Waals surface area contributed by atoms with E-state index >= 15 is 0 Å². The predicted octanol–water partition coefficient (Wildman–Crippen LogP) is 19.2. The molecule has 105 heavy (non-hydrogen) atoms. The molecule has 9 unspecified atom stereocenters. The van der Waals surface area contributed by atoms with Crippen molar-refractivity contribution in [3.63, 3.8) is 0 Å². The van der Waals surface area contributed by atoms with Gasteiger partial charge in [0.25, 0.3) is 5.92 Å². The van der Waals surface area contributed by atoms with Crippen LogP contribution >= 0.6 is 0 Å². The minimum atomic E-state index is -2.70. The van der Waals surface area contributed by atoms with Crippen molar-refractivity contribution < 1.29 is 47.4 Å². The van der Waals surface area contributed by atoms with E-state index in [1.54, 1.807) is 13.8 Å². The molecule has 0 saturated carbocycles. The van der Waals surface area contributed by atoms with Gasteiger partial charge in [-0.1, -0.05) is 215 Å². The van der Waals surface area contributed by atoms with E-state index in [1.807, 2.05) is 102 Å². The average Bonchev–Trinajstić information content (AvgIpc) is 1.71. The Bertz CT molecular complexity index is 2450. The molecule has 17 heteroatoms. The summed E-state index contributed by atoms with van der Waals surface area (Å²) in [4.78, 5) is 97.5. The van der Waals surface area contributed by atoms with Crippen molar-refractivity contribution in [2.75, 3.05) is 45.8 Å². The average molecular weight is 1490 g/mol. The van der Waals surface area contributed by atoms with Gasteiger partial charge in [-0.15, -0.1) is 0 Å². The summed E-state index contributed by atoms with van der Waals surface area (Å²) >= 11 is 0. The number of hydrogen-bond acceptors (Lipinski definition) is 8. The Kier molecular flexibility index (Phi) is 43.5. The van der Waals surface area contributed by atoms with Crippen molar-refractivity contribution in [3.8, 4) is 0 Å². The third-order valence-electron chi connectivity index (χ3n) is 22.0. The summed E-state index contributed by atoms with van der Waals surface area (Å²) in [5, 5.41) is 9.62. The largest absolute Gasteiger partial charge is 0.391 e. The first kappa shape index (κ1) is 99.1. The van der Waals surface area contributed by atoms with E-state index in [2.05, 4.69) is 135 Å². The van der Waals surface area contributed by atoms with Gasteiger partial charge in [-0.2, -0.15) is 0 Å². The van der Waals surface area contributed by atoms with Crippen molar-refractivity contribution in [2.24, 2.45) is 94.2 Å². The number of nitrogens with zero attached hydrogens (tertiary/aromatic N) is 7. The quantitative estimate of drug-likeness (QED) is 0.119. The SMILES string of the molecule is CC(C)C(=O)N1CCCC1C(C)C(C)C.CC(C)CC1(C)CCCN1C(=O)C(C)C.CC(C)CC1CC(C)(C)CN1C(=O)C(C)C.CC(C)CC1CC(F)(F)CN1C(=O)C(C)C.CC(C)CC1CC(O)CN1C(=O)C(C)C.CC(C)CC1CCCN1C(=O)C(C)C.CC(C)CC1CCCN1C(=O)C(C)C. The van der Waals surface area contributed by atoms with Gasteiger partial charge in [-0.3, -0.25) is 33.6 Å². The molecular formula is C88H167F2N7O8. The number of carbonyl (C=O) groups excluding carboxylic acids is 7. The van der Waals surface area contributed by atoms with Gasteiger partial charge in [0.05, 0.1) is 12.6 Å². The summed E-state index contributed by atoms with van der Waals surface area (Å²) in [5.74, 6) is 4.46. The number of alkyl halides is 2. The molecule has 7 rings (SSSR count). The Morgan fingerprint density at radius 2 is 0.705 bits per heavy atom. The fourth-order valence-electron chi connectivity index (χ4n) is 16.9. The maximum atomic E-state index is 13.3. The lowest BCUT2D eigenvalue weighted by molar-refractivity contribution is -0.139. The molecule has 0 radical (unpaired) electrons. The lowest BCUT2D eigenvalue weighted by Crippen LogP contribution is -2.47. The van der Waals surface area contributed by atoms with E-state index in [4.69, 9.17) is 0 Å². The number of likely N-dealkylation sites (tertiary alicyclic amines) is 7. The highest BCUT2D eigenvalue weighted by atomic mass is 19.3. The molecule has 9 atom stereocenters. The van der Waals surface area contributed by atoms with E-state index in [0.717, 1.165) is 64.8 Å². The monoisotopic (exact) mass is 1490 g/mol. The summed E-state index contributed by atoms with van der Waals surface area (Å²) in [6.07, 6.45) is 17.2. The number of carbonyl (C=O) groups is 7. The third-order valence-corrected chi connectivity index (χ3v) is 22.0. The van der Waals surface area contributed by atoms with Crippen LogP contribution in [-0.4, -0.2) is 180 Å².